The van der Waals surface area contributed by atoms with Gasteiger partial charge in [0.1, 0.15) is 0 Å². The zero-order valence-corrected chi connectivity index (χ0v) is 20.9. The van der Waals surface area contributed by atoms with Crippen LogP contribution in [0.2, 0.25) is 10.0 Å². The average Bonchev–Trinajstić information content (AvgIpc) is 2.81. The number of halogens is 2. The Bertz CT molecular complexity index is 875. The first-order valence-electron chi connectivity index (χ1n) is 11.5. The summed E-state index contributed by atoms with van der Waals surface area (Å²) in [7, 11) is 0. The number of anilines is 2. The molecule has 0 aliphatic heterocycles. The third-order valence-corrected chi connectivity index (χ3v) is 6.31. The van der Waals surface area contributed by atoms with Crippen molar-refractivity contribution in [1.82, 2.24) is 10.6 Å². The summed E-state index contributed by atoms with van der Waals surface area (Å²) in [5, 5.41) is 12.8. The second-order valence-electron chi connectivity index (χ2n) is 8.26. The van der Waals surface area contributed by atoms with Gasteiger partial charge in [0.25, 0.3) is 0 Å². The zero-order chi connectivity index (χ0) is 24.1. The number of unbranched alkanes of at least 4 members (excludes halogenated alkanes) is 1. The normalized spacial score (nSPS) is 12.5. The Morgan fingerprint density at radius 2 is 1.24 bits per heavy atom. The number of rotatable bonds is 12. The number of amides is 4. The summed E-state index contributed by atoms with van der Waals surface area (Å²) < 4.78 is 0. The van der Waals surface area contributed by atoms with Crippen LogP contribution < -0.4 is 21.3 Å². The van der Waals surface area contributed by atoms with Crippen LogP contribution in [0, 0.1) is 5.41 Å². The SMILES string of the molecule is CCCCC(CC)(CCCNC(=O)Nc1ccc(Cl)cc1)CNC(=O)Nc1ccc(Cl)cc1. The highest BCUT2D eigenvalue weighted by Gasteiger charge is 2.27. The van der Waals surface area contributed by atoms with Crippen LogP contribution in [-0.2, 0) is 0 Å². The maximum Gasteiger partial charge on any atom is 0.319 e. The molecule has 0 aliphatic rings. The molecule has 2 aromatic rings. The van der Waals surface area contributed by atoms with Crippen molar-refractivity contribution in [2.24, 2.45) is 5.41 Å². The molecule has 33 heavy (non-hydrogen) atoms. The van der Waals surface area contributed by atoms with Crippen molar-refractivity contribution in [1.29, 1.82) is 0 Å². The lowest BCUT2D eigenvalue weighted by Gasteiger charge is -2.33. The standard InChI is InChI=1S/C25H34Cl2N4O2/c1-3-5-15-25(4-2,18-29-24(33)31-22-13-9-20(27)10-14-22)16-6-17-28-23(32)30-21-11-7-19(26)8-12-21/h7-14H,3-6,15-18H2,1-2H3,(H2,28,30,32)(H2,29,31,33). The molecule has 1 unspecified atom stereocenters. The van der Waals surface area contributed by atoms with Gasteiger partial charge >= 0.3 is 12.1 Å². The minimum atomic E-state index is -0.242. The molecule has 0 bridgehead atoms. The minimum absolute atomic E-state index is 0.0122. The molecule has 2 rings (SSSR count). The minimum Gasteiger partial charge on any atom is -0.338 e. The van der Waals surface area contributed by atoms with Crippen molar-refractivity contribution in [3.63, 3.8) is 0 Å². The van der Waals surface area contributed by atoms with Gasteiger partial charge in [-0.25, -0.2) is 9.59 Å². The highest BCUT2D eigenvalue weighted by molar-refractivity contribution is 6.30. The molecule has 0 aliphatic carbocycles. The van der Waals surface area contributed by atoms with Crippen LogP contribution in [0.3, 0.4) is 0 Å². The van der Waals surface area contributed by atoms with Gasteiger partial charge in [-0.3, -0.25) is 0 Å². The molecule has 0 spiro atoms. The van der Waals surface area contributed by atoms with E-state index in [1.54, 1.807) is 48.5 Å². The van der Waals surface area contributed by atoms with Gasteiger partial charge in [0.15, 0.2) is 0 Å². The molecule has 0 heterocycles. The van der Waals surface area contributed by atoms with E-state index in [1.165, 1.54) is 0 Å². The van der Waals surface area contributed by atoms with Gasteiger partial charge in [0.05, 0.1) is 0 Å². The fraction of sp³-hybridized carbons (Fsp3) is 0.440. The third-order valence-electron chi connectivity index (χ3n) is 5.81. The fourth-order valence-corrected chi connectivity index (χ4v) is 3.93. The van der Waals surface area contributed by atoms with Crippen molar-refractivity contribution in [3.05, 3.63) is 58.6 Å². The summed E-state index contributed by atoms with van der Waals surface area (Å²) in [6.07, 6.45) is 5.90. The second kappa shape index (κ2) is 14.0. The molecule has 4 amide bonds. The van der Waals surface area contributed by atoms with E-state index < -0.39 is 0 Å². The van der Waals surface area contributed by atoms with Crippen LogP contribution in [0.4, 0.5) is 21.0 Å². The topological polar surface area (TPSA) is 82.3 Å². The Kier molecular flexibility index (Phi) is 11.3. The van der Waals surface area contributed by atoms with Crippen LogP contribution in [0.1, 0.15) is 52.4 Å². The summed E-state index contributed by atoms with van der Waals surface area (Å²) >= 11 is 11.8. The van der Waals surface area contributed by atoms with E-state index in [1.807, 2.05) is 0 Å². The smallest absolute Gasteiger partial charge is 0.319 e. The summed E-state index contributed by atoms with van der Waals surface area (Å²) in [5.41, 5.74) is 1.38. The number of nitrogens with one attached hydrogen (secondary N) is 4. The Balaban J connectivity index is 1.82. The Morgan fingerprint density at radius 1 is 0.758 bits per heavy atom. The highest BCUT2D eigenvalue weighted by Crippen LogP contribution is 2.33. The Hall–Kier alpha value is -2.44. The maximum absolute atomic E-state index is 12.4. The summed E-state index contributed by atoms with van der Waals surface area (Å²) in [6.45, 7) is 5.48. The van der Waals surface area contributed by atoms with E-state index in [0.717, 1.165) is 38.5 Å². The molecule has 0 saturated carbocycles. The van der Waals surface area contributed by atoms with E-state index in [9.17, 15) is 9.59 Å². The highest BCUT2D eigenvalue weighted by atomic mass is 35.5. The van der Waals surface area contributed by atoms with Crippen molar-refractivity contribution in [2.45, 2.75) is 52.4 Å². The number of carbonyl (C=O) groups is 2. The molecular weight excluding hydrogens is 459 g/mol. The van der Waals surface area contributed by atoms with E-state index >= 15 is 0 Å². The molecule has 180 valence electrons. The predicted molar refractivity (Wildman–Crippen MR) is 138 cm³/mol. The molecule has 2 aromatic carbocycles. The lowest BCUT2D eigenvalue weighted by molar-refractivity contribution is 0.202. The van der Waals surface area contributed by atoms with Gasteiger partial charge in [-0.1, -0.05) is 49.9 Å². The van der Waals surface area contributed by atoms with Crippen LogP contribution >= 0.6 is 23.2 Å². The third kappa shape index (κ3) is 9.93. The van der Waals surface area contributed by atoms with Gasteiger partial charge in [-0.05, 0) is 79.6 Å². The van der Waals surface area contributed by atoms with E-state index in [0.29, 0.717) is 34.5 Å². The van der Waals surface area contributed by atoms with Crippen LogP contribution in [-0.4, -0.2) is 25.2 Å². The van der Waals surface area contributed by atoms with E-state index in [-0.39, 0.29) is 17.5 Å². The molecular formula is C25H34Cl2N4O2. The summed E-state index contributed by atoms with van der Waals surface area (Å²) in [4.78, 5) is 24.6. The predicted octanol–water partition coefficient (Wildman–Crippen LogP) is 7.30. The Morgan fingerprint density at radius 3 is 1.73 bits per heavy atom. The van der Waals surface area contributed by atoms with Crippen LogP contribution in [0.5, 0.6) is 0 Å². The first-order chi connectivity index (χ1) is 15.9. The van der Waals surface area contributed by atoms with Crippen LogP contribution in [0.15, 0.2) is 48.5 Å². The summed E-state index contributed by atoms with van der Waals surface area (Å²) in [5.74, 6) is 0. The summed E-state index contributed by atoms with van der Waals surface area (Å²) in [6, 6.07) is 13.5. The maximum atomic E-state index is 12.4. The first-order valence-corrected chi connectivity index (χ1v) is 12.2. The molecule has 8 heteroatoms. The van der Waals surface area contributed by atoms with E-state index in [2.05, 4.69) is 35.1 Å². The monoisotopic (exact) mass is 492 g/mol. The molecule has 0 radical (unpaired) electrons. The Labute approximate surface area is 206 Å². The molecule has 4 N–H and O–H groups in total. The fourth-order valence-electron chi connectivity index (χ4n) is 3.68. The van der Waals surface area contributed by atoms with Gasteiger partial charge in [-0.15, -0.1) is 0 Å². The van der Waals surface area contributed by atoms with Gasteiger partial charge in [0, 0.05) is 34.5 Å². The van der Waals surface area contributed by atoms with E-state index in [4.69, 9.17) is 23.2 Å². The number of hydrogen-bond donors (Lipinski definition) is 4. The zero-order valence-electron chi connectivity index (χ0n) is 19.3. The number of benzene rings is 2. The molecule has 0 saturated heterocycles. The van der Waals surface area contributed by atoms with Crippen molar-refractivity contribution in [2.75, 3.05) is 23.7 Å². The lowest BCUT2D eigenvalue weighted by Crippen LogP contribution is -2.40. The molecule has 1 atom stereocenters. The second-order valence-corrected chi connectivity index (χ2v) is 9.14. The van der Waals surface area contributed by atoms with Crippen LogP contribution in [0.25, 0.3) is 0 Å². The quantitative estimate of drug-likeness (QED) is 0.234. The first kappa shape index (κ1) is 26.8. The molecule has 0 aromatic heterocycles. The van der Waals surface area contributed by atoms with Gasteiger partial charge in [0.2, 0.25) is 0 Å². The number of urea groups is 2. The number of hydrogen-bond acceptors (Lipinski definition) is 2. The average molecular weight is 493 g/mol. The van der Waals surface area contributed by atoms with Gasteiger partial charge in [-0.2, -0.15) is 0 Å². The van der Waals surface area contributed by atoms with Crippen molar-refractivity contribution in [3.8, 4) is 0 Å². The molecule has 6 nitrogen and oxygen atoms in total. The lowest BCUT2D eigenvalue weighted by atomic mass is 9.76. The van der Waals surface area contributed by atoms with Gasteiger partial charge < -0.3 is 21.3 Å². The molecule has 0 fully saturated rings. The largest absolute Gasteiger partial charge is 0.338 e. The van der Waals surface area contributed by atoms with Crippen molar-refractivity contribution < 1.29 is 9.59 Å². The number of carbonyl (C=O) groups excluding carboxylic acids is 2. The van der Waals surface area contributed by atoms with Crippen molar-refractivity contribution >= 4 is 46.6 Å².